The molecule has 2 aliphatic heterocycles. The Hall–Kier alpha value is -1.06. The van der Waals surface area contributed by atoms with Crippen LogP contribution in [0.2, 0.25) is 0 Å². The van der Waals surface area contributed by atoms with E-state index >= 15 is 0 Å². The first kappa shape index (κ1) is 12.9. The zero-order valence-corrected chi connectivity index (χ0v) is 12.0. The van der Waals surface area contributed by atoms with E-state index in [9.17, 15) is 4.79 Å². The van der Waals surface area contributed by atoms with Gasteiger partial charge in [-0.1, -0.05) is 12.1 Å². The summed E-state index contributed by atoms with van der Waals surface area (Å²) in [6.45, 7) is 2.86. The third kappa shape index (κ3) is 2.05. The summed E-state index contributed by atoms with van der Waals surface area (Å²) in [5, 5.41) is -0.165. The normalized spacial score (nSPS) is 27.7. The minimum Gasteiger partial charge on any atom is -0.373 e. The number of fused-ring (bicyclic) bond motifs is 1. The van der Waals surface area contributed by atoms with Gasteiger partial charge in [0.15, 0.2) is 0 Å². The number of nitrogens with zero attached hydrogens (tertiary/aromatic N) is 1. The molecular weight excluding hydrogens is 262 g/mol. The molecule has 2 aliphatic rings. The van der Waals surface area contributed by atoms with Crippen LogP contribution >= 0.6 is 11.6 Å². The Balaban J connectivity index is 1.91. The number of anilines is 1. The highest BCUT2D eigenvalue weighted by Crippen LogP contribution is 2.43. The first-order chi connectivity index (χ1) is 9.01. The summed E-state index contributed by atoms with van der Waals surface area (Å²) < 4.78 is 5.81. The van der Waals surface area contributed by atoms with Crippen molar-refractivity contribution in [2.45, 2.75) is 37.2 Å². The maximum Gasteiger partial charge on any atom is 0.231 e. The predicted octanol–water partition coefficient (Wildman–Crippen LogP) is 3.05. The average Bonchev–Trinajstić information content (AvgIpc) is 2.95. The van der Waals surface area contributed by atoms with Crippen molar-refractivity contribution in [1.82, 2.24) is 0 Å². The van der Waals surface area contributed by atoms with Gasteiger partial charge in [-0.3, -0.25) is 4.79 Å². The van der Waals surface area contributed by atoms with E-state index in [1.54, 1.807) is 4.90 Å². The van der Waals surface area contributed by atoms with E-state index in [0.717, 1.165) is 36.3 Å². The van der Waals surface area contributed by atoms with Gasteiger partial charge < -0.3 is 9.64 Å². The van der Waals surface area contributed by atoms with Crippen LogP contribution in [0.5, 0.6) is 0 Å². The summed E-state index contributed by atoms with van der Waals surface area (Å²) >= 11 is 6.60. The van der Waals surface area contributed by atoms with Crippen molar-refractivity contribution in [3.63, 3.8) is 0 Å². The van der Waals surface area contributed by atoms with E-state index in [0.29, 0.717) is 6.42 Å². The van der Waals surface area contributed by atoms with Gasteiger partial charge in [0, 0.05) is 19.3 Å². The van der Waals surface area contributed by atoms with E-state index in [-0.39, 0.29) is 16.9 Å². The highest BCUT2D eigenvalue weighted by molar-refractivity contribution is 6.21. The molecule has 3 nitrogen and oxygen atoms in total. The second kappa shape index (κ2) is 4.50. The minimum absolute atomic E-state index is 0.140. The molecule has 0 saturated carbocycles. The van der Waals surface area contributed by atoms with Crippen LogP contribution in [-0.2, 0) is 16.0 Å². The lowest BCUT2D eigenvalue weighted by Gasteiger charge is -2.29. The largest absolute Gasteiger partial charge is 0.373 e. The minimum atomic E-state index is -0.287. The maximum absolute atomic E-state index is 11.7. The van der Waals surface area contributed by atoms with Crippen LogP contribution in [-0.4, -0.2) is 25.2 Å². The molecule has 1 amide bonds. The Kier molecular flexibility index (Phi) is 3.06. The number of hydrogen-bond donors (Lipinski definition) is 0. The number of benzene rings is 1. The van der Waals surface area contributed by atoms with Crippen LogP contribution in [0.1, 0.15) is 36.3 Å². The summed E-state index contributed by atoms with van der Waals surface area (Å²) in [6, 6.07) is 6.06. The summed E-state index contributed by atoms with van der Waals surface area (Å²) in [5.41, 5.74) is 2.82. The molecule has 0 radical (unpaired) electrons. The standard InChI is InChI=1S/C15H18ClNO2/c1-15(6-3-7-19-15)14(16)10-4-5-12-11(8-10)9-13(18)17(12)2/h4-5,8,14H,3,6-7,9H2,1-2H3. The molecule has 19 heavy (non-hydrogen) atoms. The lowest BCUT2D eigenvalue weighted by molar-refractivity contribution is -0.117. The first-order valence-corrected chi connectivity index (χ1v) is 7.12. The highest BCUT2D eigenvalue weighted by Gasteiger charge is 2.38. The second-order valence-electron chi connectivity index (χ2n) is 5.64. The number of amides is 1. The van der Waals surface area contributed by atoms with Crippen LogP contribution in [0, 0.1) is 0 Å². The van der Waals surface area contributed by atoms with Crippen LogP contribution in [0.3, 0.4) is 0 Å². The molecule has 0 bridgehead atoms. The molecule has 102 valence electrons. The molecule has 1 saturated heterocycles. The lowest BCUT2D eigenvalue weighted by Crippen LogP contribution is -2.28. The van der Waals surface area contributed by atoms with Gasteiger partial charge in [-0.25, -0.2) is 0 Å². The van der Waals surface area contributed by atoms with Gasteiger partial charge in [0.1, 0.15) is 0 Å². The number of likely N-dealkylation sites (N-methyl/N-ethyl adjacent to an activating group) is 1. The smallest absolute Gasteiger partial charge is 0.231 e. The molecular formula is C15H18ClNO2. The number of halogens is 1. The number of ether oxygens (including phenoxy) is 1. The lowest BCUT2D eigenvalue weighted by atomic mass is 9.92. The number of carbonyl (C=O) groups is 1. The third-order valence-corrected chi connectivity index (χ3v) is 4.97. The van der Waals surface area contributed by atoms with E-state index in [2.05, 4.69) is 13.0 Å². The van der Waals surface area contributed by atoms with E-state index in [4.69, 9.17) is 16.3 Å². The van der Waals surface area contributed by atoms with Crippen molar-refractivity contribution in [3.05, 3.63) is 29.3 Å². The van der Waals surface area contributed by atoms with Crippen LogP contribution < -0.4 is 4.90 Å². The predicted molar refractivity (Wildman–Crippen MR) is 75.7 cm³/mol. The molecule has 4 heteroatoms. The number of hydrogen-bond acceptors (Lipinski definition) is 2. The van der Waals surface area contributed by atoms with Gasteiger partial charge in [-0.05, 0) is 37.0 Å². The molecule has 1 aromatic rings. The van der Waals surface area contributed by atoms with E-state index < -0.39 is 0 Å². The van der Waals surface area contributed by atoms with Gasteiger partial charge in [0.2, 0.25) is 5.91 Å². The summed E-state index contributed by atoms with van der Waals surface area (Å²) in [4.78, 5) is 13.4. The Morgan fingerprint density at radius 1 is 1.47 bits per heavy atom. The molecule has 0 spiro atoms. The molecule has 2 unspecified atom stereocenters. The van der Waals surface area contributed by atoms with Gasteiger partial charge in [-0.2, -0.15) is 0 Å². The second-order valence-corrected chi connectivity index (χ2v) is 6.08. The van der Waals surface area contributed by atoms with Crippen molar-refractivity contribution < 1.29 is 9.53 Å². The average molecular weight is 280 g/mol. The zero-order valence-electron chi connectivity index (χ0n) is 11.3. The summed E-state index contributed by atoms with van der Waals surface area (Å²) in [7, 11) is 1.81. The molecule has 1 aromatic carbocycles. The number of rotatable bonds is 2. The van der Waals surface area contributed by atoms with E-state index in [1.807, 2.05) is 19.2 Å². The van der Waals surface area contributed by atoms with Crippen LogP contribution in [0.15, 0.2) is 18.2 Å². The molecule has 0 aliphatic carbocycles. The molecule has 2 heterocycles. The molecule has 0 N–H and O–H groups in total. The van der Waals surface area contributed by atoms with Crippen molar-refractivity contribution in [3.8, 4) is 0 Å². The summed E-state index contributed by atoms with van der Waals surface area (Å²) in [6.07, 6.45) is 2.52. The highest BCUT2D eigenvalue weighted by atomic mass is 35.5. The van der Waals surface area contributed by atoms with Gasteiger partial charge >= 0.3 is 0 Å². The summed E-state index contributed by atoms with van der Waals surface area (Å²) in [5.74, 6) is 0.140. The molecule has 1 fully saturated rings. The SMILES string of the molecule is CN1C(=O)Cc2cc(C(Cl)C3(C)CCCO3)ccc21. The van der Waals surface area contributed by atoms with Gasteiger partial charge in [0.25, 0.3) is 0 Å². The third-order valence-electron chi connectivity index (χ3n) is 4.26. The Labute approximate surface area is 118 Å². The van der Waals surface area contributed by atoms with Gasteiger partial charge in [-0.15, -0.1) is 11.6 Å². The molecule has 0 aromatic heterocycles. The number of carbonyl (C=O) groups excluding carboxylic acids is 1. The monoisotopic (exact) mass is 279 g/mol. The Morgan fingerprint density at radius 2 is 2.26 bits per heavy atom. The fourth-order valence-corrected chi connectivity index (χ4v) is 3.31. The Morgan fingerprint density at radius 3 is 2.95 bits per heavy atom. The van der Waals surface area contributed by atoms with Crippen LogP contribution in [0.25, 0.3) is 0 Å². The quantitative estimate of drug-likeness (QED) is 0.779. The van der Waals surface area contributed by atoms with Crippen molar-refractivity contribution >= 4 is 23.2 Å². The topological polar surface area (TPSA) is 29.5 Å². The molecule has 2 atom stereocenters. The first-order valence-electron chi connectivity index (χ1n) is 6.69. The number of alkyl halides is 1. The fraction of sp³-hybridized carbons (Fsp3) is 0.533. The fourth-order valence-electron chi connectivity index (χ4n) is 3.00. The van der Waals surface area contributed by atoms with E-state index in [1.165, 1.54) is 0 Å². The molecule has 3 rings (SSSR count). The Bertz CT molecular complexity index is 523. The van der Waals surface area contributed by atoms with Crippen molar-refractivity contribution in [2.75, 3.05) is 18.6 Å². The van der Waals surface area contributed by atoms with Crippen molar-refractivity contribution in [1.29, 1.82) is 0 Å². The zero-order chi connectivity index (χ0) is 13.6. The van der Waals surface area contributed by atoms with Crippen molar-refractivity contribution in [2.24, 2.45) is 0 Å². The van der Waals surface area contributed by atoms with Crippen LogP contribution in [0.4, 0.5) is 5.69 Å². The maximum atomic E-state index is 11.7. The van der Waals surface area contributed by atoms with Gasteiger partial charge in [0.05, 0.1) is 17.4 Å².